The summed E-state index contributed by atoms with van der Waals surface area (Å²) in [5, 5.41) is 4.98. The fourth-order valence-electron chi connectivity index (χ4n) is 9.54. The lowest BCUT2D eigenvalue weighted by Crippen LogP contribution is -2.55. The van der Waals surface area contributed by atoms with Crippen molar-refractivity contribution in [2.45, 2.75) is 102 Å². The molecule has 8 atom stereocenters. The lowest BCUT2D eigenvalue weighted by atomic mass is 9.42. The number of fused-ring (bicyclic) bond motifs is 5. The van der Waals surface area contributed by atoms with E-state index in [1.807, 2.05) is 5.38 Å². The zero-order chi connectivity index (χ0) is 23.8. The Morgan fingerprint density at radius 3 is 2.76 bits per heavy atom. The first-order valence-corrected chi connectivity index (χ1v) is 15.8. The summed E-state index contributed by atoms with van der Waals surface area (Å²) in [7, 11) is 0. The van der Waals surface area contributed by atoms with Crippen molar-refractivity contribution in [1.82, 2.24) is 15.0 Å². The van der Waals surface area contributed by atoms with Crippen LogP contribution in [0.4, 0.5) is 4.79 Å². The second kappa shape index (κ2) is 10.3. The SMILES string of the molecule is CC[C@H]1CC2C3CCC(CCCNC(=O)NSc4nccs4)C3(C)CC[C@@H]2C2(C)CCCCC12. The third kappa shape index (κ3) is 4.55. The molecule has 4 aliphatic carbocycles. The highest BCUT2D eigenvalue weighted by molar-refractivity contribution is 7.99. The van der Waals surface area contributed by atoms with Crippen LogP contribution in [0.1, 0.15) is 97.8 Å². The highest BCUT2D eigenvalue weighted by atomic mass is 32.2. The summed E-state index contributed by atoms with van der Waals surface area (Å²) in [6.07, 6.45) is 18.8. The van der Waals surface area contributed by atoms with E-state index in [0.717, 1.165) is 52.8 Å². The van der Waals surface area contributed by atoms with Crippen molar-refractivity contribution < 1.29 is 4.79 Å². The first-order valence-electron chi connectivity index (χ1n) is 14.1. The molecule has 1 aromatic rings. The zero-order valence-electron chi connectivity index (χ0n) is 21.5. The normalized spacial score (nSPS) is 41.3. The first-order chi connectivity index (χ1) is 16.5. The topological polar surface area (TPSA) is 54.0 Å². The van der Waals surface area contributed by atoms with Crippen LogP contribution < -0.4 is 10.0 Å². The van der Waals surface area contributed by atoms with E-state index in [1.54, 1.807) is 17.5 Å². The summed E-state index contributed by atoms with van der Waals surface area (Å²) in [5.41, 5.74) is 1.15. The second-order valence-corrected chi connectivity index (χ2v) is 14.3. The van der Waals surface area contributed by atoms with Crippen LogP contribution in [0.25, 0.3) is 0 Å². The summed E-state index contributed by atoms with van der Waals surface area (Å²) in [6.45, 7) is 8.62. The third-order valence-corrected chi connectivity index (χ3v) is 12.8. The summed E-state index contributed by atoms with van der Waals surface area (Å²) in [5.74, 6) is 5.71. The molecule has 1 aromatic heterocycles. The maximum absolute atomic E-state index is 12.1. The monoisotopic (exact) mass is 503 g/mol. The molecule has 4 fully saturated rings. The Balaban J connectivity index is 1.15. The number of hydrogen-bond donors (Lipinski definition) is 2. The van der Waals surface area contributed by atoms with Gasteiger partial charge in [0.25, 0.3) is 0 Å². The van der Waals surface area contributed by atoms with E-state index < -0.39 is 0 Å². The average molecular weight is 504 g/mol. The maximum Gasteiger partial charge on any atom is 0.325 e. The summed E-state index contributed by atoms with van der Waals surface area (Å²) in [6, 6.07) is -0.0979. The van der Waals surface area contributed by atoms with Gasteiger partial charge in [-0.05, 0) is 104 Å². The summed E-state index contributed by atoms with van der Waals surface area (Å²) < 4.78 is 3.72. The quantitative estimate of drug-likeness (QED) is 0.293. The van der Waals surface area contributed by atoms with E-state index in [1.165, 1.54) is 82.6 Å². The molecule has 0 spiro atoms. The van der Waals surface area contributed by atoms with Crippen molar-refractivity contribution in [2.24, 2.45) is 46.3 Å². The van der Waals surface area contributed by atoms with Crippen LogP contribution >= 0.6 is 23.3 Å². The Bertz CT molecular complexity index is 832. The standard InChI is InChI=1S/C28H45N3OS2/c1-4-19-18-21-23-11-10-20(8-7-15-29-25(32)31-34-26-30-16-17-33-26)27(23,2)14-12-24(21)28(3)13-6-5-9-22(19)28/h16-17,19-24H,4-15,18H2,1-3H3,(H2,29,31,32)/t19-,20?,21?,22?,23?,24-,27?,28?/m0/s1. The number of nitrogens with zero attached hydrogens (tertiary/aromatic N) is 1. The van der Waals surface area contributed by atoms with Crippen LogP contribution in [0.3, 0.4) is 0 Å². The van der Waals surface area contributed by atoms with Crippen molar-refractivity contribution in [3.63, 3.8) is 0 Å². The average Bonchev–Trinajstić information content (AvgIpc) is 3.47. The molecule has 0 saturated heterocycles. The predicted molar refractivity (Wildman–Crippen MR) is 143 cm³/mol. The Morgan fingerprint density at radius 2 is 1.97 bits per heavy atom. The van der Waals surface area contributed by atoms with Crippen LogP contribution in [0.15, 0.2) is 15.9 Å². The van der Waals surface area contributed by atoms with E-state index in [9.17, 15) is 4.79 Å². The van der Waals surface area contributed by atoms with E-state index in [4.69, 9.17) is 0 Å². The Morgan fingerprint density at radius 1 is 1.12 bits per heavy atom. The van der Waals surface area contributed by atoms with Crippen molar-refractivity contribution in [2.75, 3.05) is 6.54 Å². The molecule has 4 nitrogen and oxygen atoms in total. The molecule has 4 saturated carbocycles. The molecule has 2 amide bonds. The number of rotatable bonds is 7. The molecule has 2 N–H and O–H groups in total. The first kappa shape index (κ1) is 24.9. The highest BCUT2D eigenvalue weighted by Crippen LogP contribution is 2.69. The molecule has 4 aliphatic rings. The fraction of sp³-hybridized carbons (Fsp3) is 0.857. The number of carbonyl (C=O) groups is 1. The number of hydrogen-bond acceptors (Lipinski definition) is 4. The smallest absolute Gasteiger partial charge is 0.325 e. The van der Waals surface area contributed by atoms with E-state index >= 15 is 0 Å². The molecule has 1 heterocycles. The van der Waals surface area contributed by atoms with E-state index in [0.29, 0.717) is 10.8 Å². The van der Waals surface area contributed by atoms with Gasteiger partial charge in [-0.3, -0.25) is 4.72 Å². The van der Waals surface area contributed by atoms with E-state index in [2.05, 4.69) is 35.8 Å². The van der Waals surface area contributed by atoms with Gasteiger partial charge in [0.2, 0.25) is 0 Å². The predicted octanol–water partition coefficient (Wildman–Crippen LogP) is 7.91. The van der Waals surface area contributed by atoms with Crippen molar-refractivity contribution in [1.29, 1.82) is 0 Å². The summed E-state index contributed by atoms with van der Waals surface area (Å²) in [4.78, 5) is 16.3. The van der Waals surface area contributed by atoms with Crippen molar-refractivity contribution in [3.05, 3.63) is 11.6 Å². The van der Waals surface area contributed by atoms with Crippen LogP contribution in [0.2, 0.25) is 0 Å². The van der Waals surface area contributed by atoms with Gasteiger partial charge in [-0.15, -0.1) is 11.3 Å². The number of aromatic nitrogens is 1. The third-order valence-electron chi connectivity index (χ3n) is 11.1. The Hall–Kier alpha value is -0.750. The molecule has 5 rings (SSSR count). The minimum absolute atomic E-state index is 0.0979. The molecular formula is C28H45N3OS2. The molecule has 34 heavy (non-hydrogen) atoms. The van der Waals surface area contributed by atoms with Crippen LogP contribution in [0.5, 0.6) is 0 Å². The molecule has 6 heteroatoms. The number of carbonyl (C=O) groups excluding carboxylic acids is 1. The highest BCUT2D eigenvalue weighted by Gasteiger charge is 2.60. The minimum Gasteiger partial charge on any atom is -0.337 e. The maximum atomic E-state index is 12.1. The molecular weight excluding hydrogens is 458 g/mol. The molecule has 0 bridgehead atoms. The molecule has 190 valence electrons. The van der Waals surface area contributed by atoms with Crippen LogP contribution in [0, 0.1) is 46.3 Å². The number of urea groups is 1. The number of amides is 2. The van der Waals surface area contributed by atoms with Gasteiger partial charge in [0.1, 0.15) is 0 Å². The fourth-order valence-corrected chi connectivity index (χ4v) is 10.7. The van der Waals surface area contributed by atoms with Gasteiger partial charge in [0.05, 0.1) is 0 Å². The van der Waals surface area contributed by atoms with Crippen molar-refractivity contribution in [3.8, 4) is 0 Å². The molecule has 0 aliphatic heterocycles. The van der Waals surface area contributed by atoms with Gasteiger partial charge < -0.3 is 5.32 Å². The lowest BCUT2D eigenvalue weighted by Gasteiger charge is -2.62. The lowest BCUT2D eigenvalue weighted by molar-refractivity contribution is -0.135. The van der Waals surface area contributed by atoms with Crippen LogP contribution in [-0.2, 0) is 0 Å². The van der Waals surface area contributed by atoms with Gasteiger partial charge in [-0.1, -0.05) is 40.0 Å². The summed E-state index contributed by atoms with van der Waals surface area (Å²) >= 11 is 2.84. The van der Waals surface area contributed by atoms with Gasteiger partial charge in [0.15, 0.2) is 4.34 Å². The second-order valence-electron chi connectivity index (χ2n) is 12.4. The molecule has 0 radical (unpaired) electrons. The largest absolute Gasteiger partial charge is 0.337 e. The van der Waals surface area contributed by atoms with Crippen LogP contribution in [-0.4, -0.2) is 17.6 Å². The minimum atomic E-state index is -0.0979. The van der Waals surface area contributed by atoms with Gasteiger partial charge in [0, 0.05) is 30.1 Å². The zero-order valence-corrected chi connectivity index (χ0v) is 23.1. The Labute approximate surface area is 215 Å². The van der Waals surface area contributed by atoms with Crippen molar-refractivity contribution >= 4 is 29.3 Å². The number of nitrogens with one attached hydrogen (secondary N) is 2. The van der Waals surface area contributed by atoms with Gasteiger partial charge in [-0.25, -0.2) is 9.78 Å². The Kier molecular flexibility index (Phi) is 7.56. The van der Waals surface area contributed by atoms with E-state index in [-0.39, 0.29) is 6.03 Å². The van der Waals surface area contributed by atoms with Gasteiger partial charge in [-0.2, -0.15) is 0 Å². The molecule has 6 unspecified atom stereocenters. The molecule has 0 aromatic carbocycles. The number of thiazole rings is 1. The van der Waals surface area contributed by atoms with Gasteiger partial charge >= 0.3 is 6.03 Å².